The summed E-state index contributed by atoms with van der Waals surface area (Å²) in [5.41, 5.74) is 2.41. The van der Waals surface area contributed by atoms with Crippen LogP contribution >= 0.6 is 0 Å². The fourth-order valence-electron chi connectivity index (χ4n) is 4.01. The number of carbonyl (C=O) groups is 2. The summed E-state index contributed by atoms with van der Waals surface area (Å²) in [7, 11) is 0. The average Bonchev–Trinajstić information content (AvgIpc) is 2.72. The van der Waals surface area contributed by atoms with Gasteiger partial charge in [0.2, 0.25) is 11.8 Å². The van der Waals surface area contributed by atoms with Crippen LogP contribution in [0.25, 0.3) is 0 Å². The van der Waals surface area contributed by atoms with E-state index < -0.39 is 5.82 Å². The SMILES string of the molecule is Cc1nc([C@H]2CCCN(C(=O)CC(C)C)C2)nc(C)c1CC(=O)Nc1ccccc1F. The van der Waals surface area contributed by atoms with Crippen LogP contribution in [0.5, 0.6) is 0 Å². The van der Waals surface area contributed by atoms with Crippen LogP contribution in [0.3, 0.4) is 0 Å². The molecule has 1 aliphatic heterocycles. The van der Waals surface area contributed by atoms with E-state index in [0.29, 0.717) is 18.9 Å². The molecule has 0 unspecified atom stereocenters. The first kappa shape index (κ1) is 22.8. The normalized spacial score (nSPS) is 16.5. The molecule has 1 N–H and O–H groups in total. The van der Waals surface area contributed by atoms with Crippen molar-refractivity contribution >= 4 is 17.5 Å². The van der Waals surface area contributed by atoms with Gasteiger partial charge < -0.3 is 10.2 Å². The third-order valence-electron chi connectivity index (χ3n) is 5.65. The van der Waals surface area contributed by atoms with Gasteiger partial charge in [-0.15, -0.1) is 0 Å². The van der Waals surface area contributed by atoms with Gasteiger partial charge in [0.1, 0.15) is 11.6 Å². The fraction of sp³-hybridized carbons (Fsp3) is 0.500. The van der Waals surface area contributed by atoms with Gasteiger partial charge in [0.15, 0.2) is 0 Å². The van der Waals surface area contributed by atoms with Gasteiger partial charge in [-0.3, -0.25) is 9.59 Å². The number of hydrogen-bond donors (Lipinski definition) is 1. The van der Waals surface area contributed by atoms with E-state index in [0.717, 1.165) is 42.2 Å². The number of hydrogen-bond acceptors (Lipinski definition) is 4. The van der Waals surface area contributed by atoms with Crippen molar-refractivity contribution < 1.29 is 14.0 Å². The molecule has 3 rings (SSSR count). The number of likely N-dealkylation sites (tertiary alicyclic amines) is 1. The maximum Gasteiger partial charge on any atom is 0.229 e. The minimum absolute atomic E-state index is 0.0793. The van der Waals surface area contributed by atoms with E-state index in [4.69, 9.17) is 0 Å². The number of benzene rings is 1. The Bertz CT molecular complexity index is 937. The molecule has 2 amide bonds. The molecule has 7 heteroatoms. The summed E-state index contributed by atoms with van der Waals surface area (Å²) < 4.78 is 13.8. The van der Waals surface area contributed by atoms with E-state index >= 15 is 0 Å². The molecule has 0 aliphatic carbocycles. The van der Waals surface area contributed by atoms with Crippen molar-refractivity contribution in [2.24, 2.45) is 5.92 Å². The van der Waals surface area contributed by atoms with Gasteiger partial charge in [-0.1, -0.05) is 26.0 Å². The zero-order valence-corrected chi connectivity index (χ0v) is 18.7. The van der Waals surface area contributed by atoms with Gasteiger partial charge in [0.25, 0.3) is 0 Å². The molecule has 1 fully saturated rings. The van der Waals surface area contributed by atoms with Crippen LogP contribution in [0.2, 0.25) is 0 Å². The zero-order chi connectivity index (χ0) is 22.5. The van der Waals surface area contributed by atoms with Crippen molar-refractivity contribution in [1.82, 2.24) is 14.9 Å². The van der Waals surface area contributed by atoms with E-state index in [1.54, 1.807) is 12.1 Å². The van der Waals surface area contributed by atoms with Crippen molar-refractivity contribution in [2.45, 2.75) is 59.3 Å². The second-order valence-corrected chi connectivity index (χ2v) is 8.71. The smallest absolute Gasteiger partial charge is 0.229 e. The molecule has 1 aromatic carbocycles. The molecule has 1 saturated heterocycles. The molecular weight excluding hydrogens is 395 g/mol. The summed E-state index contributed by atoms with van der Waals surface area (Å²) in [5.74, 6) is 0.581. The molecule has 0 bridgehead atoms. The molecule has 1 atom stereocenters. The van der Waals surface area contributed by atoms with Crippen molar-refractivity contribution in [3.8, 4) is 0 Å². The van der Waals surface area contributed by atoms with Crippen LogP contribution in [0.4, 0.5) is 10.1 Å². The minimum Gasteiger partial charge on any atom is -0.342 e. The molecule has 1 aromatic heterocycles. The zero-order valence-electron chi connectivity index (χ0n) is 18.7. The molecular formula is C24H31FN4O2. The Balaban J connectivity index is 1.70. The third kappa shape index (κ3) is 5.87. The minimum atomic E-state index is -0.468. The Morgan fingerprint density at radius 3 is 2.52 bits per heavy atom. The second-order valence-electron chi connectivity index (χ2n) is 8.71. The summed E-state index contributed by atoms with van der Waals surface area (Å²) >= 11 is 0. The number of amides is 2. The largest absolute Gasteiger partial charge is 0.342 e. The molecule has 1 aliphatic rings. The number of halogens is 1. The van der Waals surface area contributed by atoms with E-state index in [9.17, 15) is 14.0 Å². The molecule has 166 valence electrons. The van der Waals surface area contributed by atoms with Gasteiger partial charge in [-0.2, -0.15) is 0 Å². The van der Waals surface area contributed by atoms with Crippen LogP contribution < -0.4 is 5.32 Å². The molecule has 6 nitrogen and oxygen atoms in total. The number of aromatic nitrogens is 2. The quantitative estimate of drug-likeness (QED) is 0.752. The van der Waals surface area contributed by atoms with Crippen molar-refractivity contribution in [1.29, 1.82) is 0 Å². The van der Waals surface area contributed by atoms with Gasteiger partial charge in [0, 0.05) is 42.4 Å². The number of anilines is 1. The Morgan fingerprint density at radius 1 is 1.19 bits per heavy atom. The lowest BCUT2D eigenvalue weighted by molar-refractivity contribution is -0.133. The monoisotopic (exact) mass is 426 g/mol. The highest BCUT2D eigenvalue weighted by Crippen LogP contribution is 2.27. The van der Waals surface area contributed by atoms with E-state index in [2.05, 4.69) is 29.1 Å². The van der Waals surface area contributed by atoms with Gasteiger partial charge in [-0.25, -0.2) is 14.4 Å². The lowest BCUT2D eigenvalue weighted by Gasteiger charge is -2.33. The van der Waals surface area contributed by atoms with Crippen LogP contribution in [0, 0.1) is 25.6 Å². The highest BCUT2D eigenvalue weighted by Gasteiger charge is 2.27. The number of para-hydroxylation sites is 1. The highest BCUT2D eigenvalue weighted by molar-refractivity contribution is 5.92. The Labute approximate surface area is 183 Å². The first-order valence-electron chi connectivity index (χ1n) is 10.9. The Morgan fingerprint density at radius 2 is 1.87 bits per heavy atom. The standard InChI is InChI=1S/C24H31FN4O2/c1-15(2)12-23(31)29-11-7-8-18(14-29)24-26-16(3)19(17(4)27-24)13-22(30)28-21-10-6-5-9-20(21)25/h5-6,9-10,15,18H,7-8,11-14H2,1-4H3,(H,28,30)/t18-/m0/s1. The van der Waals surface area contributed by atoms with Crippen LogP contribution in [0.15, 0.2) is 24.3 Å². The summed E-state index contributed by atoms with van der Waals surface area (Å²) in [4.78, 5) is 36.2. The fourth-order valence-corrected chi connectivity index (χ4v) is 4.01. The summed E-state index contributed by atoms with van der Waals surface area (Å²) in [6.45, 7) is 9.26. The summed E-state index contributed by atoms with van der Waals surface area (Å²) in [6, 6.07) is 6.09. The maximum absolute atomic E-state index is 13.8. The van der Waals surface area contributed by atoms with E-state index in [1.807, 2.05) is 18.7 Å². The lowest BCUT2D eigenvalue weighted by atomic mass is 9.95. The Kier molecular flexibility index (Phi) is 7.36. The topological polar surface area (TPSA) is 75.2 Å². The molecule has 0 radical (unpaired) electrons. The van der Waals surface area contributed by atoms with Crippen LogP contribution in [0.1, 0.15) is 61.8 Å². The molecule has 0 spiro atoms. The molecule has 2 heterocycles. The van der Waals surface area contributed by atoms with Gasteiger partial charge in [0.05, 0.1) is 12.1 Å². The number of aryl methyl sites for hydroxylation is 2. The summed E-state index contributed by atoms with van der Waals surface area (Å²) in [5, 5.41) is 2.61. The Hall–Kier alpha value is -2.83. The second kappa shape index (κ2) is 9.98. The number of rotatable bonds is 6. The number of piperidine rings is 1. The van der Waals surface area contributed by atoms with Crippen molar-refractivity contribution in [3.05, 3.63) is 52.9 Å². The number of nitrogens with one attached hydrogen (secondary N) is 1. The lowest BCUT2D eigenvalue weighted by Crippen LogP contribution is -2.40. The maximum atomic E-state index is 13.8. The van der Waals surface area contributed by atoms with Crippen molar-refractivity contribution in [3.63, 3.8) is 0 Å². The predicted molar refractivity (Wildman–Crippen MR) is 118 cm³/mol. The number of nitrogens with zero attached hydrogens (tertiary/aromatic N) is 3. The van der Waals surface area contributed by atoms with E-state index in [-0.39, 0.29) is 29.8 Å². The summed E-state index contributed by atoms with van der Waals surface area (Å²) in [6.07, 6.45) is 2.51. The van der Waals surface area contributed by atoms with Crippen LogP contribution in [-0.2, 0) is 16.0 Å². The van der Waals surface area contributed by atoms with Crippen LogP contribution in [-0.4, -0.2) is 39.8 Å². The first-order chi connectivity index (χ1) is 14.7. The first-order valence-corrected chi connectivity index (χ1v) is 10.9. The van der Waals surface area contributed by atoms with Crippen molar-refractivity contribution in [2.75, 3.05) is 18.4 Å². The average molecular weight is 427 g/mol. The van der Waals surface area contributed by atoms with E-state index in [1.165, 1.54) is 12.1 Å². The molecule has 2 aromatic rings. The van der Waals surface area contributed by atoms with Gasteiger partial charge >= 0.3 is 0 Å². The van der Waals surface area contributed by atoms with Gasteiger partial charge in [-0.05, 0) is 44.7 Å². The molecule has 31 heavy (non-hydrogen) atoms. The number of carbonyl (C=O) groups excluding carboxylic acids is 2. The molecule has 0 saturated carbocycles. The highest BCUT2D eigenvalue weighted by atomic mass is 19.1. The predicted octanol–water partition coefficient (Wildman–Crippen LogP) is 4.17. The third-order valence-corrected chi connectivity index (χ3v) is 5.65.